The Morgan fingerprint density at radius 1 is 1.22 bits per heavy atom. The van der Waals surface area contributed by atoms with E-state index in [-0.39, 0.29) is 29.6 Å². The first-order valence-electron chi connectivity index (χ1n) is 7.97. The smallest absolute Gasteiger partial charge is 0.311 e. The van der Waals surface area contributed by atoms with Crippen molar-refractivity contribution in [1.82, 2.24) is 10.6 Å². The van der Waals surface area contributed by atoms with E-state index in [1.54, 1.807) is 31.2 Å². The molecule has 0 aliphatic carbocycles. The normalized spacial score (nSPS) is 11.4. The summed E-state index contributed by atoms with van der Waals surface area (Å²) in [5, 5.41) is 16.8. The van der Waals surface area contributed by atoms with Gasteiger partial charge in [0.25, 0.3) is 5.91 Å². The molecule has 2 aromatic rings. The van der Waals surface area contributed by atoms with Crippen LogP contribution in [-0.4, -0.2) is 30.4 Å². The van der Waals surface area contributed by atoms with E-state index < -0.39 is 16.7 Å². The summed E-state index contributed by atoms with van der Waals surface area (Å²) >= 11 is 5.83. The zero-order chi connectivity index (χ0) is 20.0. The molecule has 2 aromatic carbocycles. The van der Waals surface area contributed by atoms with E-state index in [2.05, 4.69) is 10.6 Å². The van der Waals surface area contributed by atoms with Crippen molar-refractivity contribution in [3.05, 3.63) is 68.7 Å². The van der Waals surface area contributed by atoms with Crippen LogP contribution in [0.1, 0.15) is 28.9 Å². The second-order valence-electron chi connectivity index (χ2n) is 5.67. The molecule has 2 rings (SSSR count). The van der Waals surface area contributed by atoms with Gasteiger partial charge in [0, 0.05) is 16.7 Å². The number of carbonyl (C=O) groups excluding carboxylic acids is 2. The van der Waals surface area contributed by atoms with Gasteiger partial charge in [-0.1, -0.05) is 23.7 Å². The number of hydrogen-bond donors (Lipinski definition) is 2. The highest BCUT2D eigenvalue weighted by atomic mass is 35.5. The standard InChI is InChI=1S/C18H18ClN3O5/c1-11(12-3-6-14(19)7-4-12)21-17(23)10-20-18(24)13-5-8-16(27-2)15(9-13)22(25)26/h3-9,11H,10H2,1-2H3,(H,20,24)(H,21,23). The number of benzene rings is 2. The molecule has 8 nitrogen and oxygen atoms in total. The number of amides is 2. The van der Waals surface area contributed by atoms with Gasteiger partial charge < -0.3 is 15.4 Å². The largest absolute Gasteiger partial charge is 0.490 e. The molecule has 0 fully saturated rings. The molecule has 2 N–H and O–H groups in total. The summed E-state index contributed by atoms with van der Waals surface area (Å²) in [4.78, 5) is 34.5. The second kappa shape index (κ2) is 9.00. The molecule has 0 aliphatic rings. The lowest BCUT2D eigenvalue weighted by atomic mass is 10.1. The van der Waals surface area contributed by atoms with Crippen molar-refractivity contribution in [1.29, 1.82) is 0 Å². The average molecular weight is 392 g/mol. The third-order valence-corrected chi connectivity index (χ3v) is 4.05. The Hall–Kier alpha value is -3.13. The summed E-state index contributed by atoms with van der Waals surface area (Å²) < 4.78 is 4.89. The Labute approximate surface area is 160 Å². The molecule has 0 bridgehead atoms. The fourth-order valence-corrected chi connectivity index (χ4v) is 2.49. The minimum Gasteiger partial charge on any atom is -0.490 e. The van der Waals surface area contributed by atoms with Crippen molar-refractivity contribution < 1.29 is 19.2 Å². The third kappa shape index (κ3) is 5.42. The van der Waals surface area contributed by atoms with Crippen LogP contribution in [0, 0.1) is 10.1 Å². The highest BCUT2D eigenvalue weighted by molar-refractivity contribution is 6.30. The van der Waals surface area contributed by atoms with Crippen molar-refractivity contribution in [2.75, 3.05) is 13.7 Å². The summed E-state index contributed by atoms with van der Waals surface area (Å²) in [6, 6.07) is 10.6. The van der Waals surface area contributed by atoms with E-state index in [1.807, 2.05) is 0 Å². The van der Waals surface area contributed by atoms with Crippen LogP contribution < -0.4 is 15.4 Å². The number of methoxy groups -OCH3 is 1. The maximum atomic E-state index is 12.1. The van der Waals surface area contributed by atoms with E-state index in [4.69, 9.17) is 16.3 Å². The van der Waals surface area contributed by atoms with Gasteiger partial charge in [-0.15, -0.1) is 0 Å². The van der Waals surface area contributed by atoms with Gasteiger partial charge in [-0.3, -0.25) is 19.7 Å². The first-order valence-corrected chi connectivity index (χ1v) is 8.35. The molecular formula is C18H18ClN3O5. The van der Waals surface area contributed by atoms with Gasteiger partial charge in [0.2, 0.25) is 5.91 Å². The van der Waals surface area contributed by atoms with Crippen molar-refractivity contribution in [3.63, 3.8) is 0 Å². The van der Waals surface area contributed by atoms with Gasteiger partial charge in [-0.2, -0.15) is 0 Å². The van der Waals surface area contributed by atoms with Gasteiger partial charge in [0.15, 0.2) is 5.75 Å². The molecular weight excluding hydrogens is 374 g/mol. The molecule has 0 heterocycles. The highest BCUT2D eigenvalue weighted by Crippen LogP contribution is 2.27. The molecule has 0 aliphatic heterocycles. The molecule has 0 saturated carbocycles. The molecule has 1 atom stereocenters. The first-order chi connectivity index (χ1) is 12.8. The monoisotopic (exact) mass is 391 g/mol. The quantitative estimate of drug-likeness (QED) is 0.557. The van der Waals surface area contributed by atoms with Crippen molar-refractivity contribution in [2.24, 2.45) is 0 Å². The number of nitro groups is 1. The summed E-state index contributed by atoms with van der Waals surface area (Å²) in [6.07, 6.45) is 0. The lowest BCUT2D eigenvalue weighted by molar-refractivity contribution is -0.385. The van der Waals surface area contributed by atoms with Gasteiger partial charge in [0.05, 0.1) is 24.6 Å². The van der Waals surface area contributed by atoms with Gasteiger partial charge in [0.1, 0.15) is 0 Å². The lowest BCUT2D eigenvalue weighted by Crippen LogP contribution is -2.38. The maximum Gasteiger partial charge on any atom is 0.311 e. The Morgan fingerprint density at radius 3 is 2.48 bits per heavy atom. The summed E-state index contributed by atoms with van der Waals surface area (Å²) in [6.45, 7) is 1.53. The van der Waals surface area contributed by atoms with Crippen LogP contribution in [0.2, 0.25) is 5.02 Å². The summed E-state index contributed by atoms with van der Waals surface area (Å²) in [5.74, 6) is -0.949. The van der Waals surface area contributed by atoms with E-state index in [1.165, 1.54) is 19.2 Å². The zero-order valence-electron chi connectivity index (χ0n) is 14.7. The Kier molecular flexibility index (Phi) is 6.73. The van der Waals surface area contributed by atoms with Gasteiger partial charge >= 0.3 is 5.69 Å². The van der Waals surface area contributed by atoms with Crippen molar-refractivity contribution in [2.45, 2.75) is 13.0 Å². The Balaban J connectivity index is 1.94. The van der Waals surface area contributed by atoms with Gasteiger partial charge in [-0.25, -0.2) is 0 Å². The molecule has 0 aromatic heterocycles. The fourth-order valence-electron chi connectivity index (χ4n) is 2.36. The zero-order valence-corrected chi connectivity index (χ0v) is 15.4. The molecule has 0 saturated heterocycles. The van der Waals surface area contributed by atoms with Crippen LogP contribution in [0.5, 0.6) is 5.75 Å². The SMILES string of the molecule is COc1ccc(C(=O)NCC(=O)NC(C)c2ccc(Cl)cc2)cc1[N+](=O)[O-]. The highest BCUT2D eigenvalue weighted by Gasteiger charge is 2.18. The molecule has 1 unspecified atom stereocenters. The Bertz CT molecular complexity index is 855. The lowest BCUT2D eigenvalue weighted by Gasteiger charge is -2.15. The topological polar surface area (TPSA) is 111 Å². The first kappa shape index (κ1) is 20.2. The van der Waals surface area contributed by atoms with E-state index in [9.17, 15) is 19.7 Å². The Morgan fingerprint density at radius 2 is 1.89 bits per heavy atom. The number of ether oxygens (including phenoxy) is 1. The minimum absolute atomic E-state index is 0.0473. The number of hydrogen-bond acceptors (Lipinski definition) is 5. The minimum atomic E-state index is -0.643. The van der Waals surface area contributed by atoms with Crippen LogP contribution in [0.25, 0.3) is 0 Å². The van der Waals surface area contributed by atoms with Crippen LogP contribution >= 0.6 is 11.6 Å². The number of halogens is 1. The van der Waals surface area contributed by atoms with Crippen LogP contribution in [0.15, 0.2) is 42.5 Å². The molecule has 27 heavy (non-hydrogen) atoms. The molecule has 9 heteroatoms. The van der Waals surface area contributed by atoms with Crippen molar-refractivity contribution >= 4 is 29.1 Å². The summed E-state index contributed by atoms with van der Waals surface area (Å²) in [5.41, 5.74) is 0.594. The maximum absolute atomic E-state index is 12.1. The molecule has 142 valence electrons. The van der Waals surface area contributed by atoms with E-state index >= 15 is 0 Å². The van der Waals surface area contributed by atoms with Crippen LogP contribution in [0.3, 0.4) is 0 Å². The molecule has 0 spiro atoms. The number of carbonyl (C=O) groups is 2. The molecule has 0 radical (unpaired) electrons. The van der Waals surface area contributed by atoms with Crippen LogP contribution in [-0.2, 0) is 4.79 Å². The number of nitro benzene ring substituents is 1. The van der Waals surface area contributed by atoms with Gasteiger partial charge in [-0.05, 0) is 36.8 Å². The average Bonchev–Trinajstić information content (AvgIpc) is 2.65. The predicted molar refractivity (Wildman–Crippen MR) is 100.0 cm³/mol. The van der Waals surface area contributed by atoms with Crippen LogP contribution in [0.4, 0.5) is 5.69 Å². The van der Waals surface area contributed by atoms with E-state index in [0.29, 0.717) is 5.02 Å². The summed E-state index contributed by atoms with van der Waals surface area (Å²) in [7, 11) is 1.30. The second-order valence-corrected chi connectivity index (χ2v) is 6.10. The number of nitrogens with one attached hydrogen (secondary N) is 2. The molecule has 2 amide bonds. The van der Waals surface area contributed by atoms with E-state index in [0.717, 1.165) is 11.6 Å². The van der Waals surface area contributed by atoms with Crippen molar-refractivity contribution in [3.8, 4) is 5.75 Å². The number of nitrogens with zero attached hydrogens (tertiary/aromatic N) is 1. The predicted octanol–water partition coefficient (Wildman–Crippen LogP) is 2.86. The fraction of sp³-hybridized carbons (Fsp3) is 0.222. The third-order valence-electron chi connectivity index (χ3n) is 3.79. The number of rotatable bonds is 7.